The van der Waals surface area contributed by atoms with Crippen molar-refractivity contribution >= 4 is 0 Å². The molecular weight excluding hydrogens is 228 g/mol. The van der Waals surface area contributed by atoms with Crippen LogP contribution in [0.15, 0.2) is 23.0 Å². The predicted octanol–water partition coefficient (Wildman–Crippen LogP) is 1.98. The molecule has 5 heteroatoms. The normalized spacial score (nSPS) is 11.0. The van der Waals surface area contributed by atoms with Crippen molar-refractivity contribution in [2.24, 2.45) is 0 Å². The van der Waals surface area contributed by atoms with Gasteiger partial charge in [0.05, 0.1) is 6.54 Å². The number of aryl methyl sites for hydroxylation is 1. The SMILES string of the molecule is CCCc1nc(Cn2ccc(CNCC)c2)no1. The Morgan fingerprint density at radius 2 is 2.28 bits per heavy atom. The first-order valence-corrected chi connectivity index (χ1v) is 6.48. The summed E-state index contributed by atoms with van der Waals surface area (Å²) in [5.41, 5.74) is 1.27. The highest BCUT2D eigenvalue weighted by molar-refractivity contribution is 5.10. The van der Waals surface area contributed by atoms with Crippen LogP contribution in [0.1, 0.15) is 37.5 Å². The summed E-state index contributed by atoms with van der Waals surface area (Å²) in [6.07, 6.45) is 6.03. The summed E-state index contributed by atoms with van der Waals surface area (Å²) in [6.45, 7) is 6.75. The Bertz CT molecular complexity index is 475. The lowest BCUT2D eigenvalue weighted by molar-refractivity contribution is 0.371. The molecule has 2 aromatic rings. The quantitative estimate of drug-likeness (QED) is 0.814. The molecule has 0 aromatic carbocycles. The van der Waals surface area contributed by atoms with Crippen molar-refractivity contribution < 1.29 is 4.52 Å². The molecule has 1 N–H and O–H groups in total. The molecule has 0 atom stereocenters. The van der Waals surface area contributed by atoms with Gasteiger partial charge in [0.15, 0.2) is 5.82 Å². The summed E-state index contributed by atoms with van der Waals surface area (Å²) in [6, 6.07) is 2.11. The van der Waals surface area contributed by atoms with Gasteiger partial charge in [0.2, 0.25) is 5.89 Å². The summed E-state index contributed by atoms with van der Waals surface area (Å²) < 4.78 is 7.24. The molecule has 5 nitrogen and oxygen atoms in total. The van der Waals surface area contributed by atoms with Crippen LogP contribution in [0.25, 0.3) is 0 Å². The van der Waals surface area contributed by atoms with Gasteiger partial charge in [-0.1, -0.05) is 19.0 Å². The third-order valence-electron chi connectivity index (χ3n) is 2.69. The van der Waals surface area contributed by atoms with Crippen LogP contribution in [-0.2, 0) is 19.5 Å². The molecule has 0 bridgehead atoms. The number of rotatable bonds is 7. The second-order valence-electron chi connectivity index (χ2n) is 4.33. The zero-order chi connectivity index (χ0) is 12.8. The molecule has 2 heterocycles. The molecule has 0 radical (unpaired) electrons. The van der Waals surface area contributed by atoms with E-state index in [1.807, 2.05) is 6.20 Å². The molecule has 0 saturated heterocycles. The Kier molecular flexibility index (Phi) is 4.52. The largest absolute Gasteiger partial charge is 0.346 e. The molecule has 0 aliphatic carbocycles. The Labute approximate surface area is 107 Å². The van der Waals surface area contributed by atoms with E-state index >= 15 is 0 Å². The van der Waals surface area contributed by atoms with E-state index in [9.17, 15) is 0 Å². The van der Waals surface area contributed by atoms with E-state index < -0.39 is 0 Å². The Morgan fingerprint density at radius 3 is 3.06 bits per heavy atom. The number of hydrogen-bond acceptors (Lipinski definition) is 4. The van der Waals surface area contributed by atoms with Crippen LogP contribution in [0.2, 0.25) is 0 Å². The second-order valence-corrected chi connectivity index (χ2v) is 4.33. The van der Waals surface area contributed by atoms with Crippen molar-refractivity contribution in [1.29, 1.82) is 0 Å². The Balaban J connectivity index is 1.93. The zero-order valence-electron chi connectivity index (χ0n) is 11.0. The minimum atomic E-state index is 0.666. The molecule has 98 valence electrons. The van der Waals surface area contributed by atoms with Crippen LogP contribution in [-0.4, -0.2) is 21.3 Å². The zero-order valence-corrected chi connectivity index (χ0v) is 11.0. The average Bonchev–Trinajstić information content (AvgIpc) is 2.98. The smallest absolute Gasteiger partial charge is 0.226 e. The molecule has 2 aromatic heterocycles. The van der Waals surface area contributed by atoms with E-state index in [0.29, 0.717) is 6.54 Å². The lowest BCUT2D eigenvalue weighted by atomic mass is 10.3. The van der Waals surface area contributed by atoms with Gasteiger partial charge in [-0.15, -0.1) is 0 Å². The standard InChI is InChI=1S/C13H20N4O/c1-3-5-13-15-12(16-18-13)10-17-7-6-11(9-17)8-14-4-2/h6-7,9,14H,3-5,8,10H2,1-2H3. The molecule has 0 spiro atoms. The molecule has 2 rings (SSSR count). The van der Waals surface area contributed by atoms with Gasteiger partial charge in [0, 0.05) is 25.4 Å². The summed E-state index contributed by atoms with van der Waals surface area (Å²) >= 11 is 0. The van der Waals surface area contributed by atoms with Crippen molar-refractivity contribution in [3.63, 3.8) is 0 Å². The average molecular weight is 248 g/mol. The van der Waals surface area contributed by atoms with E-state index in [-0.39, 0.29) is 0 Å². The summed E-state index contributed by atoms with van der Waals surface area (Å²) in [5, 5.41) is 7.28. The van der Waals surface area contributed by atoms with Gasteiger partial charge in [-0.3, -0.25) is 0 Å². The van der Waals surface area contributed by atoms with Gasteiger partial charge in [0.1, 0.15) is 0 Å². The molecule has 18 heavy (non-hydrogen) atoms. The van der Waals surface area contributed by atoms with Crippen molar-refractivity contribution in [3.8, 4) is 0 Å². The highest BCUT2D eigenvalue weighted by atomic mass is 16.5. The Hall–Kier alpha value is -1.62. The lowest BCUT2D eigenvalue weighted by Crippen LogP contribution is -2.11. The van der Waals surface area contributed by atoms with E-state index in [0.717, 1.165) is 37.6 Å². The van der Waals surface area contributed by atoms with Crippen molar-refractivity contribution in [2.45, 2.75) is 39.8 Å². The monoisotopic (exact) mass is 248 g/mol. The maximum Gasteiger partial charge on any atom is 0.226 e. The van der Waals surface area contributed by atoms with E-state index in [4.69, 9.17) is 4.52 Å². The lowest BCUT2D eigenvalue weighted by Gasteiger charge is -1.98. The van der Waals surface area contributed by atoms with Crippen molar-refractivity contribution in [1.82, 2.24) is 20.0 Å². The van der Waals surface area contributed by atoms with Crippen molar-refractivity contribution in [2.75, 3.05) is 6.54 Å². The first-order valence-electron chi connectivity index (χ1n) is 6.48. The predicted molar refractivity (Wildman–Crippen MR) is 69.2 cm³/mol. The number of nitrogens with one attached hydrogen (secondary N) is 1. The fourth-order valence-electron chi connectivity index (χ4n) is 1.80. The van der Waals surface area contributed by atoms with Gasteiger partial charge >= 0.3 is 0 Å². The van der Waals surface area contributed by atoms with Gasteiger partial charge in [-0.25, -0.2) is 0 Å². The fourth-order valence-corrected chi connectivity index (χ4v) is 1.80. The van der Waals surface area contributed by atoms with E-state index in [2.05, 4.69) is 46.1 Å². The number of hydrogen-bond donors (Lipinski definition) is 1. The van der Waals surface area contributed by atoms with Crippen LogP contribution < -0.4 is 5.32 Å². The first-order chi connectivity index (χ1) is 8.81. The molecular formula is C13H20N4O. The fraction of sp³-hybridized carbons (Fsp3) is 0.538. The minimum absolute atomic E-state index is 0.666. The molecule has 0 fully saturated rings. The van der Waals surface area contributed by atoms with Gasteiger partial charge in [-0.2, -0.15) is 4.98 Å². The van der Waals surface area contributed by atoms with Crippen LogP contribution >= 0.6 is 0 Å². The molecule has 0 aliphatic heterocycles. The van der Waals surface area contributed by atoms with Crippen LogP contribution in [0, 0.1) is 0 Å². The van der Waals surface area contributed by atoms with Crippen LogP contribution in [0.5, 0.6) is 0 Å². The summed E-state index contributed by atoms with van der Waals surface area (Å²) in [7, 11) is 0. The molecule has 0 aliphatic rings. The van der Waals surface area contributed by atoms with Gasteiger partial charge < -0.3 is 14.4 Å². The maximum absolute atomic E-state index is 5.16. The molecule has 0 unspecified atom stereocenters. The third kappa shape index (κ3) is 3.43. The van der Waals surface area contributed by atoms with E-state index in [1.54, 1.807) is 0 Å². The maximum atomic E-state index is 5.16. The highest BCUT2D eigenvalue weighted by Crippen LogP contribution is 2.05. The first kappa shape index (κ1) is 12.8. The second kappa shape index (κ2) is 6.35. The van der Waals surface area contributed by atoms with Crippen molar-refractivity contribution in [3.05, 3.63) is 35.7 Å². The van der Waals surface area contributed by atoms with Crippen LogP contribution in [0.3, 0.4) is 0 Å². The number of nitrogens with zero attached hydrogens (tertiary/aromatic N) is 3. The van der Waals surface area contributed by atoms with Gasteiger partial charge in [-0.05, 0) is 24.6 Å². The summed E-state index contributed by atoms with van der Waals surface area (Å²) in [5.74, 6) is 1.47. The highest BCUT2D eigenvalue weighted by Gasteiger charge is 2.06. The topological polar surface area (TPSA) is 55.9 Å². The van der Waals surface area contributed by atoms with Gasteiger partial charge in [0.25, 0.3) is 0 Å². The summed E-state index contributed by atoms with van der Waals surface area (Å²) in [4.78, 5) is 4.35. The van der Waals surface area contributed by atoms with Crippen LogP contribution in [0.4, 0.5) is 0 Å². The number of aromatic nitrogens is 3. The minimum Gasteiger partial charge on any atom is -0.346 e. The Morgan fingerprint density at radius 1 is 1.39 bits per heavy atom. The molecule has 0 amide bonds. The van der Waals surface area contributed by atoms with E-state index in [1.165, 1.54) is 5.56 Å². The molecule has 0 saturated carbocycles. The third-order valence-corrected chi connectivity index (χ3v) is 2.69.